The Hall–Kier alpha value is -1.51. The Morgan fingerprint density at radius 3 is 2.67 bits per heavy atom. The number of carbonyl (C=O) groups is 1. The fourth-order valence-corrected chi connectivity index (χ4v) is 1.47. The number of hydrogen-bond donors (Lipinski definition) is 2. The standard InChI is InChI=1S/C12H18N2O/c1-4-10(12(13)15)14-11-7-5-6-8(2)9(11)3/h5-7,10,14H,4H2,1-3H3,(H2,13,15). The second-order valence-electron chi connectivity index (χ2n) is 3.76. The van der Waals surface area contributed by atoms with E-state index < -0.39 is 0 Å². The highest BCUT2D eigenvalue weighted by Gasteiger charge is 2.13. The van der Waals surface area contributed by atoms with E-state index in [1.165, 1.54) is 5.56 Å². The van der Waals surface area contributed by atoms with Gasteiger partial charge in [0.2, 0.25) is 5.91 Å². The van der Waals surface area contributed by atoms with E-state index in [2.05, 4.69) is 5.32 Å². The summed E-state index contributed by atoms with van der Waals surface area (Å²) in [4.78, 5) is 11.1. The van der Waals surface area contributed by atoms with Crippen LogP contribution in [0.1, 0.15) is 24.5 Å². The zero-order chi connectivity index (χ0) is 11.4. The summed E-state index contributed by atoms with van der Waals surface area (Å²) in [5, 5.41) is 3.16. The van der Waals surface area contributed by atoms with Crippen LogP contribution >= 0.6 is 0 Å². The molecule has 15 heavy (non-hydrogen) atoms. The topological polar surface area (TPSA) is 55.1 Å². The van der Waals surface area contributed by atoms with Crippen molar-refractivity contribution in [2.24, 2.45) is 5.73 Å². The molecule has 82 valence electrons. The Bertz CT molecular complexity index is 361. The smallest absolute Gasteiger partial charge is 0.239 e. The van der Waals surface area contributed by atoms with E-state index in [1.54, 1.807) is 0 Å². The van der Waals surface area contributed by atoms with Crippen LogP contribution in [0.15, 0.2) is 18.2 Å². The fraction of sp³-hybridized carbons (Fsp3) is 0.417. The van der Waals surface area contributed by atoms with Crippen molar-refractivity contribution < 1.29 is 4.79 Å². The van der Waals surface area contributed by atoms with Gasteiger partial charge in [-0.25, -0.2) is 0 Å². The first-order valence-corrected chi connectivity index (χ1v) is 5.18. The summed E-state index contributed by atoms with van der Waals surface area (Å²) in [5.74, 6) is -0.307. The Morgan fingerprint density at radius 1 is 1.47 bits per heavy atom. The lowest BCUT2D eigenvalue weighted by molar-refractivity contribution is -0.118. The van der Waals surface area contributed by atoms with Crippen molar-refractivity contribution >= 4 is 11.6 Å². The lowest BCUT2D eigenvalue weighted by atomic mass is 10.1. The molecule has 1 atom stereocenters. The van der Waals surface area contributed by atoms with Gasteiger partial charge in [0.1, 0.15) is 6.04 Å². The second-order valence-corrected chi connectivity index (χ2v) is 3.76. The van der Waals surface area contributed by atoms with Crippen molar-refractivity contribution in [2.75, 3.05) is 5.32 Å². The quantitative estimate of drug-likeness (QED) is 0.791. The summed E-state index contributed by atoms with van der Waals surface area (Å²) in [6, 6.07) is 5.70. The highest BCUT2D eigenvalue weighted by atomic mass is 16.1. The van der Waals surface area contributed by atoms with E-state index in [9.17, 15) is 4.79 Å². The molecule has 0 aliphatic rings. The molecular weight excluding hydrogens is 188 g/mol. The molecule has 0 spiro atoms. The summed E-state index contributed by atoms with van der Waals surface area (Å²) < 4.78 is 0. The third-order valence-corrected chi connectivity index (χ3v) is 2.69. The zero-order valence-corrected chi connectivity index (χ0v) is 9.50. The molecule has 3 heteroatoms. The van der Waals surface area contributed by atoms with Gasteiger partial charge in [-0.05, 0) is 37.5 Å². The molecule has 0 fully saturated rings. The highest BCUT2D eigenvalue weighted by Crippen LogP contribution is 2.19. The third kappa shape index (κ3) is 2.72. The zero-order valence-electron chi connectivity index (χ0n) is 9.50. The van der Waals surface area contributed by atoms with Crippen LogP contribution in [0.2, 0.25) is 0 Å². The molecule has 1 rings (SSSR count). The van der Waals surface area contributed by atoms with Crippen molar-refractivity contribution in [3.63, 3.8) is 0 Å². The van der Waals surface area contributed by atoms with Crippen LogP contribution in [0.4, 0.5) is 5.69 Å². The molecular formula is C12H18N2O. The maximum atomic E-state index is 11.1. The number of amides is 1. The Balaban J connectivity index is 2.88. The van der Waals surface area contributed by atoms with E-state index in [-0.39, 0.29) is 11.9 Å². The minimum absolute atomic E-state index is 0.287. The van der Waals surface area contributed by atoms with Gasteiger partial charge in [0.15, 0.2) is 0 Å². The normalized spacial score (nSPS) is 12.2. The van der Waals surface area contributed by atoms with Crippen LogP contribution < -0.4 is 11.1 Å². The van der Waals surface area contributed by atoms with Crippen LogP contribution in [0.25, 0.3) is 0 Å². The molecule has 3 nitrogen and oxygen atoms in total. The number of primary amides is 1. The summed E-state index contributed by atoms with van der Waals surface area (Å²) in [7, 11) is 0. The molecule has 1 aromatic rings. The van der Waals surface area contributed by atoms with Crippen molar-refractivity contribution in [3.8, 4) is 0 Å². The average molecular weight is 206 g/mol. The fourth-order valence-electron chi connectivity index (χ4n) is 1.47. The number of rotatable bonds is 4. The van der Waals surface area contributed by atoms with Crippen LogP contribution in [-0.4, -0.2) is 11.9 Å². The molecule has 1 aromatic carbocycles. The maximum Gasteiger partial charge on any atom is 0.239 e. The number of aryl methyl sites for hydroxylation is 1. The monoisotopic (exact) mass is 206 g/mol. The predicted octanol–water partition coefficient (Wildman–Crippen LogP) is 1.98. The summed E-state index contributed by atoms with van der Waals surface area (Å²) >= 11 is 0. The van der Waals surface area contributed by atoms with E-state index in [0.29, 0.717) is 6.42 Å². The van der Waals surface area contributed by atoms with Crippen molar-refractivity contribution in [2.45, 2.75) is 33.2 Å². The first kappa shape index (κ1) is 11.6. The SMILES string of the molecule is CCC(Nc1cccc(C)c1C)C(N)=O. The van der Waals surface area contributed by atoms with Gasteiger partial charge >= 0.3 is 0 Å². The first-order valence-electron chi connectivity index (χ1n) is 5.18. The number of benzene rings is 1. The van der Waals surface area contributed by atoms with E-state index in [0.717, 1.165) is 11.3 Å². The van der Waals surface area contributed by atoms with Gasteiger partial charge in [-0.15, -0.1) is 0 Å². The molecule has 3 N–H and O–H groups in total. The summed E-state index contributed by atoms with van der Waals surface area (Å²) in [6.45, 7) is 6.02. The average Bonchev–Trinajstić information content (AvgIpc) is 2.19. The number of anilines is 1. The molecule has 0 aliphatic carbocycles. The Kier molecular flexibility index (Phi) is 3.72. The van der Waals surface area contributed by atoms with Gasteiger partial charge in [0, 0.05) is 5.69 Å². The first-order chi connectivity index (χ1) is 7.06. The Labute approximate surface area is 90.7 Å². The van der Waals surface area contributed by atoms with Crippen LogP contribution in [0, 0.1) is 13.8 Å². The molecule has 0 aromatic heterocycles. The molecule has 1 unspecified atom stereocenters. The molecule has 1 amide bonds. The van der Waals surface area contributed by atoms with E-state index >= 15 is 0 Å². The van der Waals surface area contributed by atoms with Crippen molar-refractivity contribution in [1.29, 1.82) is 0 Å². The number of nitrogens with two attached hydrogens (primary N) is 1. The maximum absolute atomic E-state index is 11.1. The minimum atomic E-state index is -0.307. The molecule has 0 heterocycles. The molecule has 0 aliphatic heterocycles. The van der Waals surface area contributed by atoms with Crippen molar-refractivity contribution in [3.05, 3.63) is 29.3 Å². The van der Waals surface area contributed by atoms with Crippen LogP contribution in [0.3, 0.4) is 0 Å². The largest absolute Gasteiger partial charge is 0.373 e. The van der Waals surface area contributed by atoms with Crippen LogP contribution in [0.5, 0.6) is 0 Å². The van der Waals surface area contributed by atoms with Gasteiger partial charge in [0.25, 0.3) is 0 Å². The number of carbonyl (C=O) groups excluding carboxylic acids is 1. The van der Waals surface area contributed by atoms with Crippen molar-refractivity contribution in [1.82, 2.24) is 0 Å². The van der Waals surface area contributed by atoms with Crippen LogP contribution in [-0.2, 0) is 4.79 Å². The number of nitrogens with one attached hydrogen (secondary N) is 1. The number of hydrogen-bond acceptors (Lipinski definition) is 2. The summed E-state index contributed by atoms with van der Waals surface area (Å²) in [5.41, 5.74) is 8.64. The van der Waals surface area contributed by atoms with E-state index in [1.807, 2.05) is 39.0 Å². The lowest BCUT2D eigenvalue weighted by Gasteiger charge is -2.17. The molecule has 0 saturated carbocycles. The van der Waals surface area contributed by atoms with Gasteiger partial charge in [-0.2, -0.15) is 0 Å². The second kappa shape index (κ2) is 4.82. The molecule has 0 radical (unpaired) electrons. The highest BCUT2D eigenvalue weighted by molar-refractivity contribution is 5.83. The lowest BCUT2D eigenvalue weighted by Crippen LogP contribution is -2.34. The van der Waals surface area contributed by atoms with Gasteiger partial charge in [-0.3, -0.25) is 4.79 Å². The summed E-state index contributed by atoms with van der Waals surface area (Å²) in [6.07, 6.45) is 0.697. The molecule has 0 saturated heterocycles. The third-order valence-electron chi connectivity index (χ3n) is 2.69. The van der Waals surface area contributed by atoms with Gasteiger partial charge in [-0.1, -0.05) is 19.1 Å². The van der Waals surface area contributed by atoms with Gasteiger partial charge < -0.3 is 11.1 Å². The minimum Gasteiger partial charge on any atom is -0.373 e. The Morgan fingerprint density at radius 2 is 2.13 bits per heavy atom. The van der Waals surface area contributed by atoms with E-state index in [4.69, 9.17) is 5.73 Å². The van der Waals surface area contributed by atoms with Gasteiger partial charge in [0.05, 0.1) is 0 Å². The predicted molar refractivity (Wildman–Crippen MR) is 62.8 cm³/mol. The molecule has 0 bridgehead atoms.